The number of hydrogen-bond donors (Lipinski definition) is 0. The highest BCUT2D eigenvalue weighted by molar-refractivity contribution is 7.84. The maximum absolute atomic E-state index is 13.7. The highest BCUT2D eigenvalue weighted by Crippen LogP contribution is 2.20. The number of nitrogens with zero attached hydrogens (tertiary/aromatic N) is 2. The Morgan fingerprint density at radius 2 is 2.26 bits per heavy atom. The van der Waals surface area contributed by atoms with E-state index < -0.39 is 10.8 Å². The van der Waals surface area contributed by atoms with Gasteiger partial charge < -0.3 is 4.57 Å². The number of rotatable bonds is 6. The molecule has 1 heterocycles. The number of fused-ring (bicyclic) bond motifs is 1. The lowest BCUT2D eigenvalue weighted by Gasteiger charge is -2.07. The van der Waals surface area contributed by atoms with Crippen molar-refractivity contribution in [2.75, 3.05) is 17.4 Å². The molecule has 0 spiro atoms. The van der Waals surface area contributed by atoms with Crippen molar-refractivity contribution < 1.29 is 8.60 Å². The Kier molecular flexibility index (Phi) is 4.93. The van der Waals surface area contributed by atoms with Gasteiger partial charge in [0.05, 0.1) is 5.52 Å². The summed E-state index contributed by atoms with van der Waals surface area (Å²) in [6.45, 7) is 2.47. The molecule has 104 valence electrons. The number of imidazole rings is 1. The van der Waals surface area contributed by atoms with Crippen LogP contribution in [0.3, 0.4) is 0 Å². The summed E-state index contributed by atoms with van der Waals surface area (Å²) < 4.78 is 27.2. The molecular formula is C13H16ClFN2OS. The lowest BCUT2D eigenvalue weighted by Crippen LogP contribution is -2.12. The average molecular weight is 303 g/mol. The second kappa shape index (κ2) is 6.48. The number of benzene rings is 1. The van der Waals surface area contributed by atoms with E-state index in [2.05, 4.69) is 4.98 Å². The summed E-state index contributed by atoms with van der Waals surface area (Å²) in [5, 5.41) is 0. The molecule has 0 aliphatic rings. The van der Waals surface area contributed by atoms with E-state index in [1.807, 2.05) is 17.6 Å². The number of aryl methyl sites for hydroxylation is 2. The molecule has 1 atom stereocenters. The molecule has 6 heteroatoms. The van der Waals surface area contributed by atoms with Crippen molar-refractivity contribution in [3.63, 3.8) is 0 Å². The molecule has 0 saturated heterocycles. The van der Waals surface area contributed by atoms with Gasteiger partial charge in [0.1, 0.15) is 11.3 Å². The van der Waals surface area contributed by atoms with Crippen LogP contribution in [0.5, 0.6) is 0 Å². The van der Waals surface area contributed by atoms with Gasteiger partial charge in [-0.3, -0.25) is 4.21 Å². The molecule has 0 amide bonds. The van der Waals surface area contributed by atoms with Crippen LogP contribution in [0.2, 0.25) is 0 Å². The molecule has 1 aromatic carbocycles. The van der Waals surface area contributed by atoms with Gasteiger partial charge in [0.25, 0.3) is 0 Å². The number of aromatic nitrogens is 2. The van der Waals surface area contributed by atoms with E-state index in [9.17, 15) is 8.60 Å². The molecule has 0 aliphatic heterocycles. The van der Waals surface area contributed by atoms with Crippen LogP contribution >= 0.6 is 11.6 Å². The van der Waals surface area contributed by atoms with Crippen LogP contribution in [0, 0.1) is 5.82 Å². The predicted molar refractivity (Wildman–Crippen MR) is 77.7 cm³/mol. The fraction of sp³-hybridized carbons (Fsp3) is 0.462. The predicted octanol–water partition coefficient (Wildman–Crippen LogP) is 2.73. The van der Waals surface area contributed by atoms with Crippen molar-refractivity contribution in [3.05, 3.63) is 29.8 Å². The average Bonchev–Trinajstić information content (AvgIpc) is 2.76. The Bertz CT molecular complexity index is 600. The normalized spacial score (nSPS) is 13.0. The zero-order valence-electron chi connectivity index (χ0n) is 10.7. The summed E-state index contributed by atoms with van der Waals surface area (Å²) in [6.07, 6.45) is 0.578. The Hall–Kier alpha value is -0.940. The monoisotopic (exact) mass is 302 g/mol. The van der Waals surface area contributed by atoms with E-state index in [-0.39, 0.29) is 5.82 Å². The second-order valence-corrected chi connectivity index (χ2v) is 6.40. The highest BCUT2D eigenvalue weighted by atomic mass is 35.5. The number of halogens is 2. The Morgan fingerprint density at radius 1 is 1.47 bits per heavy atom. The van der Waals surface area contributed by atoms with Gasteiger partial charge in [-0.15, -0.1) is 11.6 Å². The third-order valence-corrected chi connectivity index (χ3v) is 4.46. The minimum atomic E-state index is -0.847. The van der Waals surface area contributed by atoms with Gasteiger partial charge in [-0.25, -0.2) is 9.37 Å². The Balaban J connectivity index is 2.40. The van der Waals surface area contributed by atoms with Crippen LogP contribution in [0.4, 0.5) is 4.39 Å². The zero-order valence-corrected chi connectivity index (χ0v) is 12.3. The summed E-state index contributed by atoms with van der Waals surface area (Å²) in [5.41, 5.74) is 1.11. The summed E-state index contributed by atoms with van der Waals surface area (Å²) in [5.74, 6) is 2.04. The first-order chi connectivity index (χ1) is 9.17. The van der Waals surface area contributed by atoms with Crippen molar-refractivity contribution >= 4 is 33.4 Å². The van der Waals surface area contributed by atoms with Crippen molar-refractivity contribution in [1.29, 1.82) is 0 Å². The Labute approximate surface area is 119 Å². The van der Waals surface area contributed by atoms with Gasteiger partial charge in [0.15, 0.2) is 5.82 Å². The minimum Gasteiger partial charge on any atom is -0.327 e. The standard InChI is InChI=1S/C13H16ClFN2OS/c1-2-19(18)9-8-17-11-5-3-4-10(15)13(11)16-12(17)6-7-14/h3-5H,2,6-9H2,1H3. The van der Waals surface area contributed by atoms with Gasteiger partial charge in [-0.2, -0.15) is 0 Å². The topological polar surface area (TPSA) is 34.9 Å². The van der Waals surface area contributed by atoms with Crippen LogP contribution in [0.25, 0.3) is 11.0 Å². The summed E-state index contributed by atoms with van der Waals surface area (Å²) in [6, 6.07) is 4.89. The lowest BCUT2D eigenvalue weighted by atomic mass is 10.3. The molecular weight excluding hydrogens is 287 g/mol. The largest absolute Gasteiger partial charge is 0.327 e. The van der Waals surface area contributed by atoms with Gasteiger partial charge in [-0.05, 0) is 12.1 Å². The fourth-order valence-corrected chi connectivity index (χ4v) is 2.87. The van der Waals surface area contributed by atoms with Gasteiger partial charge in [0.2, 0.25) is 0 Å². The molecule has 1 aromatic heterocycles. The van der Waals surface area contributed by atoms with Crippen LogP contribution in [0.15, 0.2) is 18.2 Å². The molecule has 0 aliphatic carbocycles. The van der Waals surface area contributed by atoms with E-state index in [4.69, 9.17) is 11.6 Å². The molecule has 0 N–H and O–H groups in total. The fourth-order valence-electron chi connectivity index (χ4n) is 2.02. The van der Waals surface area contributed by atoms with Crippen LogP contribution in [-0.2, 0) is 23.8 Å². The van der Waals surface area contributed by atoms with E-state index in [1.165, 1.54) is 6.07 Å². The van der Waals surface area contributed by atoms with E-state index in [0.29, 0.717) is 35.9 Å². The molecule has 1 unspecified atom stereocenters. The van der Waals surface area contributed by atoms with Gasteiger partial charge in [0, 0.05) is 41.2 Å². The van der Waals surface area contributed by atoms with Crippen LogP contribution < -0.4 is 0 Å². The minimum absolute atomic E-state index is 0.330. The third kappa shape index (κ3) is 3.15. The van der Waals surface area contributed by atoms with E-state index >= 15 is 0 Å². The second-order valence-electron chi connectivity index (χ2n) is 4.16. The number of para-hydroxylation sites is 1. The third-order valence-electron chi connectivity index (χ3n) is 2.99. The maximum atomic E-state index is 13.7. The van der Waals surface area contributed by atoms with Crippen LogP contribution in [0.1, 0.15) is 12.7 Å². The van der Waals surface area contributed by atoms with Crippen molar-refractivity contribution in [1.82, 2.24) is 9.55 Å². The number of hydrogen-bond acceptors (Lipinski definition) is 2. The lowest BCUT2D eigenvalue weighted by molar-refractivity contribution is 0.637. The van der Waals surface area contributed by atoms with E-state index in [1.54, 1.807) is 6.07 Å². The first kappa shape index (κ1) is 14.5. The smallest absolute Gasteiger partial charge is 0.151 e. The number of alkyl halides is 1. The SMILES string of the molecule is CCS(=O)CCn1c(CCCl)nc2c(F)cccc21. The molecule has 19 heavy (non-hydrogen) atoms. The van der Waals surface area contributed by atoms with Crippen molar-refractivity contribution in [2.45, 2.75) is 19.9 Å². The molecule has 0 saturated carbocycles. The highest BCUT2D eigenvalue weighted by Gasteiger charge is 2.13. The molecule has 0 fully saturated rings. The quantitative estimate of drug-likeness (QED) is 0.769. The van der Waals surface area contributed by atoms with Crippen molar-refractivity contribution in [2.24, 2.45) is 0 Å². The molecule has 2 rings (SSSR count). The summed E-state index contributed by atoms with van der Waals surface area (Å²) in [4.78, 5) is 4.31. The van der Waals surface area contributed by atoms with E-state index in [0.717, 1.165) is 11.3 Å². The van der Waals surface area contributed by atoms with Gasteiger partial charge in [-0.1, -0.05) is 13.0 Å². The Morgan fingerprint density at radius 3 is 2.95 bits per heavy atom. The first-order valence-corrected chi connectivity index (χ1v) is 8.24. The summed E-state index contributed by atoms with van der Waals surface area (Å²) in [7, 11) is -0.847. The molecule has 2 aromatic rings. The molecule has 0 bridgehead atoms. The first-order valence-electron chi connectivity index (χ1n) is 6.22. The van der Waals surface area contributed by atoms with Crippen molar-refractivity contribution in [3.8, 4) is 0 Å². The molecule has 3 nitrogen and oxygen atoms in total. The summed E-state index contributed by atoms with van der Waals surface area (Å²) >= 11 is 5.76. The maximum Gasteiger partial charge on any atom is 0.151 e. The molecule has 0 radical (unpaired) electrons. The zero-order chi connectivity index (χ0) is 13.8. The van der Waals surface area contributed by atoms with Crippen LogP contribution in [-0.4, -0.2) is 31.1 Å². The van der Waals surface area contributed by atoms with Gasteiger partial charge >= 0.3 is 0 Å².